The van der Waals surface area contributed by atoms with Crippen LogP contribution in [0.25, 0.3) is 0 Å². The van der Waals surface area contributed by atoms with Crippen molar-refractivity contribution in [2.45, 2.75) is 32.1 Å². The number of aliphatic imine (C=N–C) groups is 1. The number of nitrogens with zero attached hydrogens (tertiary/aromatic N) is 2. The van der Waals surface area contributed by atoms with E-state index < -0.39 is 0 Å². The largest absolute Gasteiger partial charge is 0.477 e. The third-order valence-electron chi connectivity index (χ3n) is 3.18. The van der Waals surface area contributed by atoms with Crippen LogP contribution in [0.4, 0.5) is 5.69 Å². The van der Waals surface area contributed by atoms with Crippen LogP contribution in [0.15, 0.2) is 23.3 Å². The first-order valence-corrected chi connectivity index (χ1v) is 6.39. The Hall–Kier alpha value is -1.62. The highest BCUT2D eigenvalue weighted by molar-refractivity contribution is 5.59. The minimum Gasteiger partial charge on any atom is -0.477 e. The maximum Gasteiger partial charge on any atom is 0.213 e. The van der Waals surface area contributed by atoms with Crippen LogP contribution < -0.4 is 10.2 Å². The number of nitrogens with one attached hydrogen (secondary N) is 1. The summed E-state index contributed by atoms with van der Waals surface area (Å²) in [5.74, 6) is 1.31. The van der Waals surface area contributed by atoms with Gasteiger partial charge in [0, 0.05) is 6.07 Å². The molecule has 2 N–H and O–H groups in total. The van der Waals surface area contributed by atoms with E-state index in [1.54, 1.807) is 18.3 Å². The van der Waals surface area contributed by atoms with Gasteiger partial charge in [0.25, 0.3) is 0 Å². The first-order valence-electron chi connectivity index (χ1n) is 6.39. The number of aromatic nitrogens is 1. The Bertz CT molecular complexity index is 372. The molecule has 0 radical (unpaired) electrons. The van der Waals surface area contributed by atoms with Gasteiger partial charge in [-0.25, -0.2) is 9.98 Å². The van der Waals surface area contributed by atoms with Gasteiger partial charge >= 0.3 is 0 Å². The molecule has 1 aliphatic carbocycles. The topological polar surface area (TPSA) is 66.7 Å². The highest BCUT2D eigenvalue weighted by Gasteiger charge is 2.13. The first kappa shape index (κ1) is 12.8. The number of pyridine rings is 1. The van der Waals surface area contributed by atoms with Crippen LogP contribution in [0.5, 0.6) is 5.88 Å². The summed E-state index contributed by atoms with van der Waals surface area (Å²) in [6, 6.07) is 3.60. The maximum atomic E-state index is 8.37. The van der Waals surface area contributed by atoms with E-state index in [2.05, 4.69) is 9.98 Å². The lowest BCUT2D eigenvalue weighted by molar-refractivity contribution is 0.203. The maximum absolute atomic E-state index is 8.37. The monoisotopic (exact) mass is 249 g/mol. The average Bonchev–Trinajstić information content (AvgIpc) is 2.45. The summed E-state index contributed by atoms with van der Waals surface area (Å²) in [5.41, 5.74) is 2.52. The Morgan fingerprint density at radius 1 is 1.39 bits per heavy atom. The van der Waals surface area contributed by atoms with Gasteiger partial charge in [0.1, 0.15) is 6.34 Å². The van der Waals surface area contributed by atoms with Gasteiger partial charge in [-0.3, -0.25) is 10.7 Å². The summed E-state index contributed by atoms with van der Waals surface area (Å²) in [7, 11) is 0. The third-order valence-corrected chi connectivity index (χ3v) is 3.18. The van der Waals surface area contributed by atoms with E-state index in [1.807, 2.05) is 5.48 Å². The molecule has 1 aromatic heterocycles. The molecule has 1 saturated carbocycles. The Balaban J connectivity index is 1.80. The molecular weight excluding hydrogens is 230 g/mol. The lowest BCUT2D eigenvalue weighted by atomic mass is 9.90. The van der Waals surface area contributed by atoms with Crippen molar-refractivity contribution in [1.29, 1.82) is 0 Å². The molecule has 0 aromatic carbocycles. The van der Waals surface area contributed by atoms with E-state index in [0.29, 0.717) is 17.5 Å². The lowest BCUT2D eigenvalue weighted by Crippen LogP contribution is -2.15. The molecule has 5 heteroatoms. The minimum absolute atomic E-state index is 0.636. The second-order valence-electron chi connectivity index (χ2n) is 4.56. The molecule has 0 aliphatic heterocycles. The van der Waals surface area contributed by atoms with E-state index in [1.165, 1.54) is 38.4 Å². The number of ether oxygens (including phenoxy) is 1. The lowest BCUT2D eigenvalue weighted by Gasteiger charge is -2.21. The highest BCUT2D eigenvalue weighted by atomic mass is 16.5. The number of hydrogen-bond donors (Lipinski definition) is 2. The molecule has 5 nitrogen and oxygen atoms in total. The average molecular weight is 249 g/mol. The molecular formula is C13H19N3O2. The van der Waals surface area contributed by atoms with Crippen LogP contribution in [-0.2, 0) is 0 Å². The molecule has 18 heavy (non-hydrogen) atoms. The van der Waals surface area contributed by atoms with Gasteiger partial charge in [-0.15, -0.1) is 0 Å². The summed E-state index contributed by atoms with van der Waals surface area (Å²) in [6.45, 7) is 0.758. The van der Waals surface area contributed by atoms with Gasteiger partial charge in [0.05, 0.1) is 18.5 Å². The van der Waals surface area contributed by atoms with Crippen molar-refractivity contribution in [3.05, 3.63) is 18.3 Å². The fourth-order valence-corrected chi connectivity index (χ4v) is 2.19. The van der Waals surface area contributed by atoms with Gasteiger partial charge in [-0.1, -0.05) is 19.3 Å². The van der Waals surface area contributed by atoms with Crippen LogP contribution in [0.1, 0.15) is 32.1 Å². The van der Waals surface area contributed by atoms with Crippen molar-refractivity contribution in [3.63, 3.8) is 0 Å². The SMILES string of the molecule is ONC=Nc1ccc(OCC2CCCCC2)nc1. The molecule has 1 fully saturated rings. The van der Waals surface area contributed by atoms with Crippen molar-refractivity contribution in [3.8, 4) is 5.88 Å². The molecule has 0 atom stereocenters. The Kier molecular flexibility index (Phi) is 4.96. The summed E-state index contributed by atoms with van der Waals surface area (Å²) >= 11 is 0. The summed E-state index contributed by atoms with van der Waals surface area (Å²) in [4.78, 5) is 8.08. The molecule has 0 unspecified atom stereocenters. The van der Waals surface area contributed by atoms with Crippen LogP contribution in [-0.4, -0.2) is 23.1 Å². The zero-order valence-corrected chi connectivity index (χ0v) is 10.4. The van der Waals surface area contributed by atoms with E-state index in [0.717, 1.165) is 6.61 Å². The second-order valence-corrected chi connectivity index (χ2v) is 4.56. The fourth-order valence-electron chi connectivity index (χ4n) is 2.19. The third kappa shape index (κ3) is 4.00. The molecule has 2 rings (SSSR count). The van der Waals surface area contributed by atoms with Crippen molar-refractivity contribution >= 4 is 12.0 Å². The molecule has 0 saturated heterocycles. The van der Waals surface area contributed by atoms with E-state index in [9.17, 15) is 0 Å². The summed E-state index contributed by atoms with van der Waals surface area (Å²) in [6.07, 6.45) is 9.35. The van der Waals surface area contributed by atoms with Gasteiger partial charge in [0.15, 0.2) is 0 Å². The highest BCUT2D eigenvalue weighted by Crippen LogP contribution is 2.24. The molecule has 0 amide bonds. The van der Waals surface area contributed by atoms with Crippen molar-refractivity contribution in [2.75, 3.05) is 6.61 Å². The van der Waals surface area contributed by atoms with E-state index in [4.69, 9.17) is 9.94 Å². The predicted molar refractivity (Wildman–Crippen MR) is 69.4 cm³/mol. The Morgan fingerprint density at radius 2 is 2.22 bits per heavy atom. The Morgan fingerprint density at radius 3 is 2.89 bits per heavy atom. The van der Waals surface area contributed by atoms with Gasteiger partial charge < -0.3 is 4.74 Å². The van der Waals surface area contributed by atoms with Gasteiger partial charge in [-0.2, -0.15) is 0 Å². The van der Waals surface area contributed by atoms with Gasteiger partial charge in [0.2, 0.25) is 5.88 Å². The molecule has 1 aromatic rings. The van der Waals surface area contributed by atoms with Crippen molar-refractivity contribution in [1.82, 2.24) is 10.5 Å². The smallest absolute Gasteiger partial charge is 0.213 e. The zero-order chi connectivity index (χ0) is 12.6. The Labute approximate surface area is 107 Å². The fraction of sp³-hybridized carbons (Fsp3) is 0.538. The van der Waals surface area contributed by atoms with Crippen LogP contribution in [0.2, 0.25) is 0 Å². The van der Waals surface area contributed by atoms with Gasteiger partial charge in [-0.05, 0) is 24.8 Å². The van der Waals surface area contributed by atoms with Crippen LogP contribution in [0.3, 0.4) is 0 Å². The standard InChI is InChI=1S/C13H19N3O2/c17-16-10-15-12-6-7-13(14-8-12)18-9-11-4-2-1-3-5-11/h6-8,10-11,17H,1-5,9H2,(H,15,16). The molecule has 98 valence electrons. The quantitative estimate of drug-likeness (QED) is 0.478. The molecule has 1 heterocycles. The summed E-state index contributed by atoms with van der Waals surface area (Å²) < 4.78 is 5.68. The molecule has 1 aliphatic rings. The number of rotatable bonds is 5. The minimum atomic E-state index is 0.636. The van der Waals surface area contributed by atoms with Crippen LogP contribution in [0, 0.1) is 5.92 Å². The van der Waals surface area contributed by atoms with E-state index in [-0.39, 0.29) is 0 Å². The van der Waals surface area contributed by atoms with E-state index >= 15 is 0 Å². The normalized spacial score (nSPS) is 16.9. The molecule has 0 spiro atoms. The van der Waals surface area contributed by atoms with Crippen molar-refractivity contribution < 1.29 is 9.94 Å². The predicted octanol–water partition coefficient (Wildman–Crippen LogP) is 2.68. The van der Waals surface area contributed by atoms with Crippen molar-refractivity contribution in [2.24, 2.45) is 10.9 Å². The van der Waals surface area contributed by atoms with Crippen LogP contribution >= 0.6 is 0 Å². The molecule has 0 bridgehead atoms. The summed E-state index contributed by atoms with van der Waals surface area (Å²) in [5, 5.41) is 8.37. The first-order chi connectivity index (χ1) is 8.88. The number of hydroxylamine groups is 1. The number of hydrogen-bond acceptors (Lipinski definition) is 4. The second kappa shape index (κ2) is 6.96. The zero-order valence-electron chi connectivity index (χ0n) is 10.4.